The highest BCUT2D eigenvalue weighted by atomic mass is 16.7. The molecule has 5 nitrogen and oxygen atoms in total. The molecule has 2 saturated heterocycles. The molecule has 0 saturated carbocycles. The van der Waals surface area contributed by atoms with E-state index in [2.05, 4.69) is 43.4 Å². The van der Waals surface area contributed by atoms with Gasteiger partial charge in [-0.2, -0.15) is 0 Å². The van der Waals surface area contributed by atoms with Crippen molar-refractivity contribution >= 4 is 5.97 Å². The van der Waals surface area contributed by atoms with Gasteiger partial charge in [-0.15, -0.1) is 0 Å². The molecule has 172 valence electrons. The number of nitrogens with one attached hydrogen (secondary N) is 1. The average Bonchev–Trinajstić information content (AvgIpc) is 3.05. The Hall–Kier alpha value is -1.95. The van der Waals surface area contributed by atoms with Crippen LogP contribution in [0.5, 0.6) is 0 Å². The van der Waals surface area contributed by atoms with Crippen LogP contribution in [0.25, 0.3) is 0 Å². The topological polar surface area (TPSA) is 56.8 Å². The summed E-state index contributed by atoms with van der Waals surface area (Å²) in [6, 6.07) is 10.2. The van der Waals surface area contributed by atoms with Crippen LogP contribution in [-0.2, 0) is 19.0 Å². The summed E-state index contributed by atoms with van der Waals surface area (Å²) in [4.78, 5) is 12.9. The highest BCUT2D eigenvalue weighted by Crippen LogP contribution is 2.52. The van der Waals surface area contributed by atoms with Gasteiger partial charge < -0.3 is 19.5 Å². The first-order chi connectivity index (χ1) is 15.3. The van der Waals surface area contributed by atoms with Gasteiger partial charge in [-0.1, -0.05) is 55.0 Å². The van der Waals surface area contributed by atoms with Gasteiger partial charge >= 0.3 is 5.97 Å². The van der Waals surface area contributed by atoms with Gasteiger partial charge in [0.2, 0.25) is 0 Å². The highest BCUT2D eigenvalue weighted by Gasteiger charge is 2.51. The van der Waals surface area contributed by atoms with Crippen molar-refractivity contribution in [3.05, 3.63) is 59.2 Å². The zero-order chi connectivity index (χ0) is 22.5. The molecule has 6 atom stereocenters. The van der Waals surface area contributed by atoms with Crippen molar-refractivity contribution in [2.45, 2.75) is 71.0 Å². The largest absolute Gasteiger partial charge is 0.461 e. The van der Waals surface area contributed by atoms with Crippen LogP contribution in [0.2, 0.25) is 0 Å². The highest BCUT2D eigenvalue weighted by molar-refractivity contribution is 5.76. The molecular weight excluding hydrogens is 402 g/mol. The molecule has 1 aromatic carbocycles. The van der Waals surface area contributed by atoms with Gasteiger partial charge in [0.25, 0.3) is 0 Å². The van der Waals surface area contributed by atoms with E-state index >= 15 is 0 Å². The molecule has 1 N–H and O–H groups in total. The third-order valence-corrected chi connectivity index (χ3v) is 7.81. The summed E-state index contributed by atoms with van der Waals surface area (Å²) >= 11 is 0. The minimum absolute atomic E-state index is 0.0170. The van der Waals surface area contributed by atoms with E-state index in [-0.39, 0.29) is 41.5 Å². The summed E-state index contributed by atoms with van der Waals surface area (Å²) in [5, 5.41) is 3.61. The van der Waals surface area contributed by atoms with Crippen molar-refractivity contribution in [2.75, 3.05) is 13.2 Å². The first-order valence-electron chi connectivity index (χ1n) is 12.0. The fraction of sp³-hybridized carbons (Fsp3) is 0.593. The second kappa shape index (κ2) is 8.12. The van der Waals surface area contributed by atoms with Crippen LogP contribution in [0.1, 0.15) is 58.6 Å². The number of rotatable bonds is 4. The van der Waals surface area contributed by atoms with Gasteiger partial charge in [-0.3, -0.25) is 4.79 Å². The standard InChI is InChI=1S/C27H35NO4/c1-17-9-8-12-27(4)14-23-19(13-21(17)27)20(25(29)31-23)15-28-22-16-30-26(2,3)32-24(22)18-10-6-5-7-11-18/h5-7,9-11,13,19-20,22-24,28H,8,12,14-16H2,1-4H3/t19-,20-,22+,23+,24-,27-/m0/s1. The molecule has 2 aliphatic heterocycles. The van der Waals surface area contributed by atoms with Crippen molar-refractivity contribution < 1.29 is 19.0 Å². The van der Waals surface area contributed by atoms with E-state index in [4.69, 9.17) is 14.2 Å². The fourth-order valence-electron chi connectivity index (χ4n) is 6.05. The molecule has 2 heterocycles. The van der Waals surface area contributed by atoms with E-state index in [1.807, 2.05) is 32.0 Å². The third kappa shape index (κ3) is 3.95. The molecule has 0 bridgehead atoms. The smallest absolute Gasteiger partial charge is 0.311 e. The van der Waals surface area contributed by atoms with Gasteiger partial charge in [0, 0.05) is 12.5 Å². The lowest BCUT2D eigenvalue weighted by molar-refractivity contribution is -0.285. The summed E-state index contributed by atoms with van der Waals surface area (Å²) in [6.07, 6.45) is 7.69. The Morgan fingerprint density at radius 2 is 1.94 bits per heavy atom. The summed E-state index contributed by atoms with van der Waals surface area (Å²) in [6.45, 7) is 9.52. The predicted molar refractivity (Wildman–Crippen MR) is 123 cm³/mol. The lowest BCUT2D eigenvalue weighted by atomic mass is 9.62. The van der Waals surface area contributed by atoms with Gasteiger partial charge in [0.15, 0.2) is 5.79 Å². The minimum Gasteiger partial charge on any atom is -0.461 e. The number of hydrogen-bond donors (Lipinski definition) is 1. The minimum atomic E-state index is -0.640. The maximum atomic E-state index is 12.9. The number of allylic oxidation sites excluding steroid dienone is 3. The van der Waals surface area contributed by atoms with E-state index in [9.17, 15) is 4.79 Å². The Balaban J connectivity index is 1.34. The number of carbonyl (C=O) groups is 1. The van der Waals surface area contributed by atoms with E-state index < -0.39 is 5.79 Å². The van der Waals surface area contributed by atoms with E-state index in [1.54, 1.807) is 0 Å². The molecule has 0 aromatic heterocycles. The van der Waals surface area contributed by atoms with Crippen LogP contribution in [0.4, 0.5) is 0 Å². The Bertz CT molecular complexity index is 936. The normalized spacial score (nSPS) is 38.2. The van der Waals surface area contributed by atoms with Gasteiger partial charge in [-0.25, -0.2) is 0 Å². The van der Waals surface area contributed by atoms with Crippen molar-refractivity contribution in [3.63, 3.8) is 0 Å². The maximum absolute atomic E-state index is 12.9. The molecule has 0 unspecified atom stereocenters. The Morgan fingerprint density at radius 1 is 1.16 bits per heavy atom. The van der Waals surface area contributed by atoms with Crippen LogP contribution in [-0.4, -0.2) is 37.1 Å². The maximum Gasteiger partial charge on any atom is 0.311 e. The number of hydrogen-bond acceptors (Lipinski definition) is 5. The Morgan fingerprint density at radius 3 is 2.72 bits per heavy atom. The van der Waals surface area contributed by atoms with Crippen LogP contribution in [0, 0.1) is 17.3 Å². The van der Waals surface area contributed by atoms with Crippen molar-refractivity contribution in [3.8, 4) is 0 Å². The lowest BCUT2D eigenvalue weighted by Gasteiger charge is -2.43. The summed E-state index contributed by atoms with van der Waals surface area (Å²) in [5.41, 5.74) is 4.02. The van der Waals surface area contributed by atoms with Crippen molar-refractivity contribution in [1.82, 2.24) is 5.32 Å². The molecule has 4 aliphatic rings. The number of carbonyl (C=O) groups excluding carboxylic acids is 1. The molecule has 5 rings (SSSR count). The molecule has 2 aliphatic carbocycles. The second-order valence-corrected chi connectivity index (χ2v) is 10.6. The molecule has 0 radical (unpaired) electrons. The number of ether oxygens (including phenoxy) is 3. The lowest BCUT2D eigenvalue weighted by Crippen LogP contribution is -2.52. The molecule has 0 spiro atoms. The average molecular weight is 438 g/mol. The monoisotopic (exact) mass is 437 g/mol. The molecule has 1 aromatic rings. The summed E-state index contributed by atoms with van der Waals surface area (Å²) in [7, 11) is 0. The van der Waals surface area contributed by atoms with Gasteiger partial charge in [0.1, 0.15) is 12.2 Å². The van der Waals surface area contributed by atoms with Gasteiger partial charge in [0.05, 0.1) is 18.6 Å². The summed E-state index contributed by atoms with van der Waals surface area (Å²) < 4.78 is 18.2. The van der Waals surface area contributed by atoms with Crippen LogP contribution < -0.4 is 5.32 Å². The fourth-order valence-corrected chi connectivity index (χ4v) is 6.05. The summed E-state index contributed by atoms with van der Waals surface area (Å²) in [5.74, 6) is -0.781. The SMILES string of the molecule is CC1=CCC[C@@]2(C)C[C@H]3OC(=O)[C@@H](CN[C@@H]4COC(C)(C)O[C@H]4c4ccccc4)[C@@H]3C=C12. The van der Waals surface area contributed by atoms with E-state index in [1.165, 1.54) is 11.1 Å². The van der Waals surface area contributed by atoms with Crippen LogP contribution >= 0.6 is 0 Å². The number of esters is 1. The van der Waals surface area contributed by atoms with E-state index in [0.29, 0.717) is 13.2 Å². The molecule has 5 heteroatoms. The molecule has 32 heavy (non-hydrogen) atoms. The quantitative estimate of drug-likeness (QED) is 0.692. The Kier molecular flexibility index (Phi) is 5.55. The second-order valence-electron chi connectivity index (χ2n) is 10.6. The zero-order valence-electron chi connectivity index (χ0n) is 19.6. The Labute approximate surface area is 191 Å². The van der Waals surface area contributed by atoms with Crippen molar-refractivity contribution in [2.24, 2.45) is 17.3 Å². The third-order valence-electron chi connectivity index (χ3n) is 7.81. The first-order valence-corrected chi connectivity index (χ1v) is 12.0. The van der Waals surface area contributed by atoms with Crippen molar-refractivity contribution in [1.29, 1.82) is 0 Å². The van der Waals surface area contributed by atoms with E-state index in [0.717, 1.165) is 24.8 Å². The molecule has 2 fully saturated rings. The van der Waals surface area contributed by atoms with Crippen LogP contribution in [0.3, 0.4) is 0 Å². The predicted octanol–water partition coefficient (Wildman–Crippen LogP) is 4.70. The molecular formula is C27H35NO4. The zero-order valence-corrected chi connectivity index (χ0v) is 19.6. The number of fused-ring (bicyclic) bond motifs is 2. The van der Waals surface area contributed by atoms with Crippen LogP contribution in [0.15, 0.2) is 53.6 Å². The molecule has 0 amide bonds. The first kappa shape index (κ1) is 21.9. The number of benzene rings is 1. The van der Waals surface area contributed by atoms with Gasteiger partial charge in [-0.05, 0) is 56.6 Å².